The second-order valence-corrected chi connectivity index (χ2v) is 28.0. The van der Waals surface area contributed by atoms with Gasteiger partial charge in [0.15, 0.2) is 0 Å². The van der Waals surface area contributed by atoms with Crippen molar-refractivity contribution in [2.45, 2.75) is 155 Å². The minimum absolute atomic E-state index is 0.0191. The van der Waals surface area contributed by atoms with Crippen LogP contribution in [0.15, 0.2) is 156 Å². The van der Waals surface area contributed by atoms with Crippen LogP contribution in [-0.2, 0) is 32.5 Å². The lowest BCUT2D eigenvalue weighted by Gasteiger charge is -2.45. The Morgan fingerprint density at radius 3 is 1.61 bits per heavy atom. The maximum atomic E-state index is 6.60. The molecule has 2 aliphatic carbocycles. The van der Waals surface area contributed by atoms with Gasteiger partial charge in [-0.15, -0.1) is 0 Å². The number of furan rings is 1. The molecule has 0 atom stereocenters. The third-order valence-electron chi connectivity index (χ3n) is 18.9. The minimum Gasteiger partial charge on any atom is -0.456 e. The molecule has 4 aliphatic rings. The highest BCUT2D eigenvalue weighted by molar-refractivity contribution is 7.01. The molecule has 0 saturated heterocycles. The van der Waals surface area contributed by atoms with Crippen LogP contribution in [0, 0.1) is 0 Å². The number of benzene rings is 8. The largest absolute Gasteiger partial charge is 0.456 e. The molecule has 3 heterocycles. The standard InChI is InChI=1S/C72H75BN2O/c1-67(2,3)46-20-24-48(25-21-46)74(49-26-22-47(23-27-49)68(4,5)6)51-28-31-52-55-37-45(44-19-30-54-53-17-15-16-18-64(53)76-65(54)39-44)38-63-66(55)73(60(52)41-51)61-42-58-59(72(13,14)36-35-71(58,11)12)43-62(61)75(63)50-29-32-56-57(40-50)70(9,10)34-33-69(56,7)8/h15-32,37-43H,33-36H2,1-14H3. The lowest BCUT2D eigenvalue weighted by Crippen LogP contribution is -2.55. The summed E-state index contributed by atoms with van der Waals surface area (Å²) in [5, 5.41) is 2.30. The lowest BCUT2D eigenvalue weighted by molar-refractivity contribution is 0.332. The summed E-state index contributed by atoms with van der Waals surface area (Å²) in [7, 11) is 0. The first-order chi connectivity index (χ1) is 35.9. The van der Waals surface area contributed by atoms with Gasteiger partial charge in [-0.05, 0) is 210 Å². The maximum Gasteiger partial charge on any atom is 0.248 e. The molecule has 0 unspecified atom stereocenters. The summed E-state index contributed by atoms with van der Waals surface area (Å²) in [5.41, 5.74) is 27.2. The Labute approximate surface area is 453 Å². The Kier molecular flexibility index (Phi) is 10.5. The van der Waals surface area contributed by atoms with E-state index >= 15 is 0 Å². The molecule has 0 bridgehead atoms. The normalized spacial score (nSPS) is 17.5. The van der Waals surface area contributed by atoms with Crippen molar-refractivity contribution in [2.75, 3.05) is 9.80 Å². The third kappa shape index (κ3) is 7.58. The van der Waals surface area contributed by atoms with Gasteiger partial charge in [0.25, 0.3) is 0 Å². The number of anilines is 6. The number of para-hydroxylation sites is 1. The average molecular weight is 995 g/mol. The van der Waals surface area contributed by atoms with Crippen LogP contribution in [0.2, 0.25) is 0 Å². The van der Waals surface area contributed by atoms with E-state index < -0.39 is 0 Å². The molecule has 382 valence electrons. The number of nitrogens with zero attached hydrogens (tertiary/aromatic N) is 2. The van der Waals surface area contributed by atoms with Gasteiger partial charge in [-0.25, -0.2) is 0 Å². The van der Waals surface area contributed by atoms with Gasteiger partial charge >= 0.3 is 0 Å². The molecule has 0 spiro atoms. The molecular formula is C72H75BN2O. The molecule has 0 N–H and O–H groups in total. The zero-order chi connectivity index (χ0) is 53.2. The van der Waals surface area contributed by atoms with Gasteiger partial charge in [0.1, 0.15) is 11.2 Å². The van der Waals surface area contributed by atoms with E-state index in [1.165, 1.54) is 95.6 Å². The Hall–Kier alpha value is -6.78. The van der Waals surface area contributed by atoms with Crippen LogP contribution < -0.4 is 26.2 Å². The Bertz CT molecular complexity index is 3790. The first kappa shape index (κ1) is 48.8. The number of fused-ring (bicyclic) bond motifs is 10. The Morgan fingerprint density at radius 1 is 0.434 bits per heavy atom. The summed E-state index contributed by atoms with van der Waals surface area (Å²) in [5.74, 6) is 0. The Balaban J connectivity index is 1.09. The van der Waals surface area contributed by atoms with Crippen LogP contribution in [0.1, 0.15) is 156 Å². The van der Waals surface area contributed by atoms with E-state index in [4.69, 9.17) is 4.42 Å². The molecule has 0 radical (unpaired) electrons. The molecule has 76 heavy (non-hydrogen) atoms. The smallest absolute Gasteiger partial charge is 0.248 e. The molecule has 13 rings (SSSR count). The van der Waals surface area contributed by atoms with E-state index in [9.17, 15) is 0 Å². The zero-order valence-corrected chi connectivity index (χ0v) is 47.6. The fourth-order valence-electron chi connectivity index (χ4n) is 13.9. The first-order valence-corrected chi connectivity index (χ1v) is 28.3. The summed E-state index contributed by atoms with van der Waals surface area (Å²) in [6.07, 6.45) is 4.66. The predicted octanol–water partition coefficient (Wildman–Crippen LogP) is 18.3. The van der Waals surface area contributed by atoms with E-state index in [1.54, 1.807) is 0 Å². The van der Waals surface area contributed by atoms with Gasteiger partial charge in [-0.2, -0.15) is 0 Å². The van der Waals surface area contributed by atoms with Crippen molar-refractivity contribution in [1.82, 2.24) is 0 Å². The van der Waals surface area contributed by atoms with Gasteiger partial charge in [-0.3, -0.25) is 0 Å². The van der Waals surface area contributed by atoms with Crippen LogP contribution >= 0.6 is 0 Å². The highest BCUT2D eigenvalue weighted by atomic mass is 16.3. The molecule has 3 nitrogen and oxygen atoms in total. The molecule has 4 heteroatoms. The molecule has 1 aromatic heterocycles. The number of hydrogen-bond acceptors (Lipinski definition) is 3. The van der Waals surface area contributed by atoms with Crippen LogP contribution in [0.5, 0.6) is 0 Å². The van der Waals surface area contributed by atoms with E-state index in [1.807, 2.05) is 0 Å². The maximum absolute atomic E-state index is 6.60. The third-order valence-corrected chi connectivity index (χ3v) is 18.9. The molecule has 2 aliphatic heterocycles. The SMILES string of the molecule is CC(C)(C)c1ccc(N(c2ccc(C(C)(C)C)cc2)c2ccc3c(c2)B2c4cc5c(cc4N(c4ccc6c(c4)C(C)(C)CCC6(C)C)c4cc(-c6ccc7c(c6)oc6ccccc67)cc-3c42)C(C)(C)CCC5(C)C)cc1. The fraction of sp³-hybridized carbons (Fsp3) is 0.333. The molecular weight excluding hydrogens is 920 g/mol. The molecule has 9 aromatic rings. The monoisotopic (exact) mass is 995 g/mol. The van der Waals surface area contributed by atoms with Crippen molar-refractivity contribution in [3.63, 3.8) is 0 Å². The summed E-state index contributed by atoms with van der Waals surface area (Å²) < 4.78 is 6.60. The fourth-order valence-corrected chi connectivity index (χ4v) is 13.9. The highest BCUT2D eigenvalue weighted by Gasteiger charge is 2.47. The van der Waals surface area contributed by atoms with Crippen molar-refractivity contribution in [1.29, 1.82) is 0 Å². The molecule has 0 saturated carbocycles. The van der Waals surface area contributed by atoms with Crippen LogP contribution in [0.25, 0.3) is 44.2 Å². The minimum atomic E-state index is 0.0191. The lowest BCUT2D eigenvalue weighted by atomic mass is 9.36. The van der Waals surface area contributed by atoms with E-state index in [0.29, 0.717) is 0 Å². The van der Waals surface area contributed by atoms with Crippen molar-refractivity contribution in [3.05, 3.63) is 185 Å². The number of rotatable bonds is 5. The topological polar surface area (TPSA) is 19.6 Å². The van der Waals surface area contributed by atoms with Gasteiger partial charge in [0, 0.05) is 44.9 Å². The van der Waals surface area contributed by atoms with Gasteiger partial charge in [0.2, 0.25) is 6.71 Å². The zero-order valence-electron chi connectivity index (χ0n) is 47.6. The van der Waals surface area contributed by atoms with Gasteiger partial charge in [0.05, 0.1) is 0 Å². The summed E-state index contributed by atoms with van der Waals surface area (Å²) in [4.78, 5) is 5.18. The second-order valence-electron chi connectivity index (χ2n) is 28.0. The van der Waals surface area contributed by atoms with Gasteiger partial charge in [-0.1, -0.05) is 169 Å². The van der Waals surface area contributed by atoms with E-state index in [2.05, 4.69) is 258 Å². The van der Waals surface area contributed by atoms with Crippen LogP contribution in [0.4, 0.5) is 34.1 Å². The van der Waals surface area contributed by atoms with Gasteiger partial charge < -0.3 is 14.2 Å². The quantitative estimate of drug-likeness (QED) is 0.160. The Morgan fingerprint density at radius 2 is 0.987 bits per heavy atom. The molecule has 8 aromatic carbocycles. The van der Waals surface area contributed by atoms with Crippen molar-refractivity contribution in [3.8, 4) is 22.3 Å². The summed E-state index contributed by atoms with van der Waals surface area (Å²) in [6.45, 7) is 33.6. The highest BCUT2D eigenvalue weighted by Crippen LogP contribution is 2.53. The summed E-state index contributed by atoms with van der Waals surface area (Å²) >= 11 is 0. The van der Waals surface area contributed by atoms with Crippen molar-refractivity contribution in [2.24, 2.45) is 0 Å². The molecule has 0 fully saturated rings. The average Bonchev–Trinajstić information content (AvgIpc) is 3.92. The number of hydrogen-bond donors (Lipinski definition) is 0. The van der Waals surface area contributed by atoms with E-state index in [0.717, 1.165) is 58.1 Å². The van der Waals surface area contributed by atoms with E-state index in [-0.39, 0.29) is 39.2 Å². The van der Waals surface area contributed by atoms with Crippen LogP contribution in [-0.4, -0.2) is 6.71 Å². The van der Waals surface area contributed by atoms with Crippen LogP contribution in [0.3, 0.4) is 0 Å². The second kappa shape index (κ2) is 16.4. The van der Waals surface area contributed by atoms with Crippen molar-refractivity contribution < 1.29 is 4.42 Å². The predicted molar refractivity (Wildman–Crippen MR) is 327 cm³/mol. The first-order valence-electron chi connectivity index (χ1n) is 28.3. The van der Waals surface area contributed by atoms with Crippen molar-refractivity contribution >= 4 is 79.2 Å². The summed E-state index contributed by atoms with van der Waals surface area (Å²) in [6, 6.07) is 59.2. The molecule has 0 amide bonds.